The van der Waals surface area contributed by atoms with Crippen molar-refractivity contribution in [2.45, 2.75) is 52.4 Å². The smallest absolute Gasteiger partial charge is 0.322 e. The van der Waals surface area contributed by atoms with Crippen molar-refractivity contribution in [1.82, 2.24) is 0 Å². The number of hydrogen-bond donors (Lipinski definition) is 1. The van der Waals surface area contributed by atoms with E-state index in [1.54, 1.807) is 0 Å². The van der Waals surface area contributed by atoms with E-state index < -0.39 is 16.1 Å². The SMILES string of the molecule is CCCCOP(=S)(OCCCC)SCCCCOS(=O)(=O)O. The highest BCUT2D eigenvalue weighted by Gasteiger charge is 2.19. The third-order valence-corrected chi connectivity index (χ3v) is 8.47. The zero-order chi connectivity index (χ0) is 16.9. The minimum atomic E-state index is -4.34. The quantitative estimate of drug-likeness (QED) is 0.252. The minimum absolute atomic E-state index is 0.0321. The molecule has 0 aromatic heterocycles. The maximum Gasteiger partial charge on any atom is 0.397 e. The summed E-state index contributed by atoms with van der Waals surface area (Å²) in [5, 5.41) is 0. The molecule has 0 unspecified atom stereocenters. The molecule has 0 rings (SSSR count). The van der Waals surface area contributed by atoms with E-state index >= 15 is 0 Å². The largest absolute Gasteiger partial charge is 0.397 e. The van der Waals surface area contributed by atoms with Crippen LogP contribution in [0.3, 0.4) is 0 Å². The monoisotopic (exact) mass is 394 g/mol. The topological polar surface area (TPSA) is 82.1 Å². The van der Waals surface area contributed by atoms with Gasteiger partial charge in [-0.05, 0) is 37.5 Å². The second-order valence-corrected chi connectivity index (χ2v) is 12.1. The van der Waals surface area contributed by atoms with E-state index in [4.69, 9.17) is 25.4 Å². The molecule has 6 nitrogen and oxygen atoms in total. The maximum atomic E-state index is 10.4. The van der Waals surface area contributed by atoms with Crippen molar-refractivity contribution >= 4 is 39.3 Å². The van der Waals surface area contributed by atoms with E-state index in [9.17, 15) is 8.42 Å². The van der Waals surface area contributed by atoms with E-state index in [1.165, 1.54) is 11.4 Å². The highest BCUT2D eigenvalue weighted by atomic mass is 32.9. The summed E-state index contributed by atoms with van der Waals surface area (Å²) in [5.74, 6) is 0.713. The first-order chi connectivity index (χ1) is 10.3. The van der Waals surface area contributed by atoms with Gasteiger partial charge in [-0.25, -0.2) is 4.18 Å². The first-order valence-corrected chi connectivity index (χ1v) is 13.1. The highest BCUT2D eigenvalue weighted by Crippen LogP contribution is 2.61. The van der Waals surface area contributed by atoms with E-state index in [1.807, 2.05) is 0 Å². The Bertz CT molecular complexity index is 401. The summed E-state index contributed by atoms with van der Waals surface area (Å²) in [6.45, 7) is 5.37. The van der Waals surface area contributed by atoms with Crippen LogP contribution >= 0.6 is 17.1 Å². The zero-order valence-electron chi connectivity index (χ0n) is 13.2. The van der Waals surface area contributed by atoms with Gasteiger partial charge in [0.25, 0.3) is 0 Å². The normalized spacial score (nSPS) is 12.7. The van der Waals surface area contributed by atoms with Gasteiger partial charge in [0.05, 0.1) is 19.8 Å². The standard InChI is InChI=1S/C12H27O6PS3/c1-3-5-9-16-19(20,17-10-6-4-2)21-12-8-7-11-18-22(13,14)15/h3-12H2,1-2H3,(H,13,14,15). The van der Waals surface area contributed by atoms with Gasteiger partial charge in [0, 0.05) is 5.75 Å². The summed E-state index contributed by atoms with van der Waals surface area (Å²) in [6, 6.07) is 0. The molecule has 0 aromatic carbocycles. The van der Waals surface area contributed by atoms with Crippen LogP contribution in [-0.4, -0.2) is 38.5 Å². The lowest BCUT2D eigenvalue weighted by Gasteiger charge is -2.21. The average molecular weight is 395 g/mol. The van der Waals surface area contributed by atoms with Crippen LogP contribution in [-0.2, 0) is 35.4 Å². The fourth-order valence-corrected chi connectivity index (χ4v) is 6.18. The summed E-state index contributed by atoms with van der Waals surface area (Å²) >= 11 is 7.02. The predicted octanol–water partition coefficient (Wildman–Crippen LogP) is 4.18. The Morgan fingerprint density at radius 2 is 1.55 bits per heavy atom. The summed E-state index contributed by atoms with van der Waals surface area (Å²) in [6.07, 6.45) is 5.24. The van der Waals surface area contributed by atoms with Gasteiger partial charge in [0.1, 0.15) is 0 Å². The molecule has 22 heavy (non-hydrogen) atoms. The van der Waals surface area contributed by atoms with E-state index in [0.717, 1.165) is 25.7 Å². The van der Waals surface area contributed by atoms with E-state index in [-0.39, 0.29) is 6.61 Å². The minimum Gasteiger partial charge on any atom is -0.322 e. The Morgan fingerprint density at radius 3 is 2.00 bits per heavy atom. The van der Waals surface area contributed by atoms with Crippen LogP contribution in [0.4, 0.5) is 0 Å². The van der Waals surface area contributed by atoms with Crippen molar-refractivity contribution in [3.63, 3.8) is 0 Å². The Morgan fingerprint density at radius 1 is 1.00 bits per heavy atom. The van der Waals surface area contributed by atoms with Crippen LogP contribution in [0.15, 0.2) is 0 Å². The molecule has 0 aliphatic carbocycles. The summed E-state index contributed by atoms with van der Waals surface area (Å²) in [4.78, 5) is 0. The molecule has 1 N–H and O–H groups in total. The molecular weight excluding hydrogens is 367 g/mol. The fourth-order valence-electron chi connectivity index (χ4n) is 1.30. The molecule has 0 saturated carbocycles. The van der Waals surface area contributed by atoms with Crippen molar-refractivity contribution in [1.29, 1.82) is 0 Å². The third-order valence-electron chi connectivity index (χ3n) is 2.51. The van der Waals surface area contributed by atoms with Crippen LogP contribution in [0, 0.1) is 0 Å². The van der Waals surface area contributed by atoms with Crippen molar-refractivity contribution in [2.24, 2.45) is 0 Å². The molecule has 0 bridgehead atoms. The molecule has 0 saturated heterocycles. The summed E-state index contributed by atoms with van der Waals surface area (Å²) in [7, 11) is -4.34. The van der Waals surface area contributed by atoms with Crippen molar-refractivity contribution < 1.29 is 26.2 Å². The zero-order valence-corrected chi connectivity index (χ0v) is 16.6. The number of rotatable bonds is 15. The molecule has 0 radical (unpaired) electrons. The molecule has 0 aromatic rings. The van der Waals surface area contributed by atoms with Gasteiger partial charge in [-0.1, -0.05) is 38.1 Å². The van der Waals surface area contributed by atoms with Crippen LogP contribution in [0.1, 0.15) is 52.4 Å². The molecular formula is C12H27O6PS3. The van der Waals surface area contributed by atoms with Gasteiger partial charge in [-0.15, -0.1) is 0 Å². The fraction of sp³-hybridized carbons (Fsp3) is 1.00. The molecule has 0 aliphatic heterocycles. The molecule has 0 heterocycles. The van der Waals surface area contributed by atoms with Crippen molar-refractivity contribution in [3.8, 4) is 0 Å². The second kappa shape index (κ2) is 13.1. The van der Waals surface area contributed by atoms with Crippen molar-refractivity contribution in [2.75, 3.05) is 25.6 Å². The van der Waals surface area contributed by atoms with Gasteiger partial charge >= 0.3 is 10.4 Å². The number of unbranched alkanes of at least 4 members (excludes halogenated alkanes) is 3. The van der Waals surface area contributed by atoms with E-state index in [0.29, 0.717) is 31.8 Å². The average Bonchev–Trinajstić information content (AvgIpc) is 2.42. The number of hydrogen-bond acceptors (Lipinski definition) is 7. The lowest BCUT2D eigenvalue weighted by Crippen LogP contribution is -2.05. The summed E-state index contributed by atoms with van der Waals surface area (Å²) in [5.41, 5.74) is -2.32. The lowest BCUT2D eigenvalue weighted by molar-refractivity contribution is 0.253. The molecule has 0 spiro atoms. The Hall–Kier alpha value is 0.790. The Kier molecular flexibility index (Phi) is 13.6. The van der Waals surface area contributed by atoms with Gasteiger partial charge in [-0.2, -0.15) is 8.42 Å². The lowest BCUT2D eigenvalue weighted by atomic mass is 10.4. The summed E-state index contributed by atoms with van der Waals surface area (Å²) < 4.78 is 45.0. The first-order valence-electron chi connectivity index (χ1n) is 7.48. The van der Waals surface area contributed by atoms with E-state index in [2.05, 4.69) is 18.0 Å². The molecule has 0 atom stereocenters. The maximum absolute atomic E-state index is 10.4. The molecule has 10 heteroatoms. The predicted molar refractivity (Wildman–Crippen MR) is 95.2 cm³/mol. The first kappa shape index (κ1) is 22.8. The van der Waals surface area contributed by atoms with Crippen LogP contribution in [0.25, 0.3) is 0 Å². The van der Waals surface area contributed by atoms with Crippen LogP contribution in [0.5, 0.6) is 0 Å². The van der Waals surface area contributed by atoms with Crippen LogP contribution in [0.2, 0.25) is 0 Å². The molecule has 134 valence electrons. The third kappa shape index (κ3) is 14.4. The Balaban J connectivity index is 4.03. The van der Waals surface area contributed by atoms with Gasteiger partial charge < -0.3 is 9.05 Å². The second-order valence-electron chi connectivity index (χ2n) is 4.61. The van der Waals surface area contributed by atoms with Crippen LogP contribution < -0.4 is 0 Å². The molecule has 0 amide bonds. The molecule has 0 fully saturated rings. The van der Waals surface area contributed by atoms with Gasteiger partial charge in [0.15, 0.2) is 0 Å². The van der Waals surface area contributed by atoms with Crippen molar-refractivity contribution in [3.05, 3.63) is 0 Å². The van der Waals surface area contributed by atoms with Gasteiger partial charge in [0.2, 0.25) is 5.69 Å². The highest BCUT2D eigenvalue weighted by molar-refractivity contribution is 8.67. The van der Waals surface area contributed by atoms with Gasteiger partial charge in [-0.3, -0.25) is 4.55 Å². The Labute approximate surface area is 143 Å². The molecule has 0 aliphatic rings.